The highest BCUT2D eigenvalue weighted by Crippen LogP contribution is 2.40. The minimum atomic E-state index is -0.305. The van der Waals surface area contributed by atoms with Crippen LogP contribution in [-0.2, 0) is 4.79 Å². The average Bonchev–Trinajstić information content (AvgIpc) is 2.85. The van der Waals surface area contributed by atoms with Crippen LogP contribution in [0.4, 0.5) is 0 Å². The fraction of sp³-hybridized carbons (Fsp3) is 0.588. The summed E-state index contributed by atoms with van der Waals surface area (Å²) in [6, 6.07) is 8.75. The van der Waals surface area contributed by atoms with Gasteiger partial charge in [0, 0.05) is 17.7 Å². The van der Waals surface area contributed by atoms with E-state index >= 15 is 0 Å². The Morgan fingerprint density at radius 3 is 2.35 bits per heavy atom. The van der Waals surface area contributed by atoms with Gasteiger partial charge in [-0.05, 0) is 17.0 Å². The van der Waals surface area contributed by atoms with E-state index < -0.39 is 0 Å². The van der Waals surface area contributed by atoms with E-state index in [-0.39, 0.29) is 16.7 Å². The molecule has 1 aliphatic rings. The van der Waals surface area contributed by atoms with Gasteiger partial charge in [0.05, 0.1) is 0 Å². The van der Waals surface area contributed by atoms with Crippen molar-refractivity contribution >= 4 is 17.7 Å². The van der Waals surface area contributed by atoms with E-state index in [4.69, 9.17) is 0 Å². The molecule has 1 atom stereocenters. The predicted octanol–water partition coefficient (Wildman–Crippen LogP) is 4.43. The van der Waals surface area contributed by atoms with E-state index in [1.54, 1.807) is 0 Å². The zero-order chi connectivity index (χ0) is 14.9. The number of hydrogen-bond donors (Lipinski definition) is 0. The molecule has 0 radical (unpaired) electrons. The first kappa shape index (κ1) is 15.4. The van der Waals surface area contributed by atoms with Crippen molar-refractivity contribution in [2.24, 2.45) is 5.41 Å². The number of rotatable bonds is 2. The SMILES string of the molecule is CC(C)c1ccc(C2SCCN2C(=O)C(C)(C)C)cc1. The maximum Gasteiger partial charge on any atom is 0.229 e. The second-order valence-corrected chi connectivity index (χ2v) is 7.98. The lowest BCUT2D eigenvalue weighted by atomic mass is 9.94. The van der Waals surface area contributed by atoms with Crippen LogP contribution >= 0.6 is 11.8 Å². The number of carbonyl (C=O) groups is 1. The highest BCUT2D eigenvalue weighted by Gasteiger charge is 2.36. The molecule has 1 heterocycles. The summed E-state index contributed by atoms with van der Waals surface area (Å²) in [5.41, 5.74) is 2.29. The van der Waals surface area contributed by atoms with E-state index in [9.17, 15) is 4.79 Å². The molecule has 1 unspecified atom stereocenters. The van der Waals surface area contributed by atoms with Crippen LogP contribution in [0, 0.1) is 5.41 Å². The molecule has 1 aliphatic heterocycles. The van der Waals surface area contributed by atoms with Crippen molar-refractivity contribution < 1.29 is 4.79 Å². The topological polar surface area (TPSA) is 20.3 Å². The van der Waals surface area contributed by atoms with Crippen LogP contribution in [0.1, 0.15) is 57.0 Å². The summed E-state index contributed by atoms with van der Waals surface area (Å²) >= 11 is 1.87. The van der Waals surface area contributed by atoms with Gasteiger partial charge in [-0.1, -0.05) is 58.9 Å². The van der Waals surface area contributed by atoms with Crippen molar-refractivity contribution in [1.29, 1.82) is 0 Å². The quantitative estimate of drug-likeness (QED) is 0.803. The Balaban J connectivity index is 2.21. The summed E-state index contributed by atoms with van der Waals surface area (Å²) in [5, 5.41) is 0.183. The third-order valence-electron chi connectivity index (χ3n) is 3.68. The Bertz CT molecular complexity index is 473. The molecule has 1 saturated heterocycles. The molecule has 1 fully saturated rings. The smallest absolute Gasteiger partial charge is 0.229 e. The Labute approximate surface area is 126 Å². The standard InChI is InChI=1S/C17H25NOS/c1-12(2)13-6-8-14(9-7-13)15-18(10-11-20-15)16(19)17(3,4)5/h6-9,12,15H,10-11H2,1-5H3. The maximum absolute atomic E-state index is 12.5. The molecule has 2 nitrogen and oxygen atoms in total. The zero-order valence-corrected chi connectivity index (χ0v) is 14.0. The highest BCUT2D eigenvalue weighted by molar-refractivity contribution is 7.99. The van der Waals surface area contributed by atoms with Crippen molar-refractivity contribution in [1.82, 2.24) is 4.90 Å². The van der Waals surface area contributed by atoms with Crippen molar-refractivity contribution in [3.05, 3.63) is 35.4 Å². The highest BCUT2D eigenvalue weighted by atomic mass is 32.2. The second-order valence-electron chi connectivity index (χ2n) is 6.79. The zero-order valence-electron chi connectivity index (χ0n) is 13.1. The first-order valence-corrected chi connectivity index (χ1v) is 8.38. The third-order valence-corrected chi connectivity index (χ3v) is 4.94. The van der Waals surface area contributed by atoms with Gasteiger partial charge in [-0.15, -0.1) is 11.8 Å². The number of amides is 1. The fourth-order valence-corrected chi connectivity index (χ4v) is 3.69. The molecule has 3 heteroatoms. The van der Waals surface area contributed by atoms with E-state index in [0.717, 1.165) is 12.3 Å². The lowest BCUT2D eigenvalue weighted by Gasteiger charge is -2.30. The van der Waals surface area contributed by atoms with Gasteiger partial charge in [0.25, 0.3) is 0 Å². The Morgan fingerprint density at radius 2 is 1.85 bits per heavy atom. The first-order valence-electron chi connectivity index (χ1n) is 7.33. The largest absolute Gasteiger partial charge is 0.325 e. The van der Waals surface area contributed by atoms with Crippen molar-refractivity contribution in [3.8, 4) is 0 Å². The molecule has 110 valence electrons. The summed E-state index contributed by atoms with van der Waals surface area (Å²) < 4.78 is 0. The van der Waals surface area contributed by atoms with Gasteiger partial charge in [-0.3, -0.25) is 4.79 Å². The monoisotopic (exact) mass is 291 g/mol. The van der Waals surface area contributed by atoms with Gasteiger partial charge in [0.1, 0.15) is 5.37 Å². The molecule has 0 bridgehead atoms. The van der Waals surface area contributed by atoms with Crippen molar-refractivity contribution in [2.45, 2.75) is 45.9 Å². The molecule has 20 heavy (non-hydrogen) atoms. The number of thioether (sulfide) groups is 1. The van der Waals surface area contributed by atoms with Crippen LogP contribution in [0.5, 0.6) is 0 Å². The summed E-state index contributed by atoms with van der Waals surface area (Å²) in [7, 11) is 0. The Morgan fingerprint density at radius 1 is 1.25 bits per heavy atom. The normalized spacial score (nSPS) is 19.7. The van der Waals surface area contributed by atoms with E-state index in [1.807, 2.05) is 37.4 Å². The van der Waals surface area contributed by atoms with Crippen molar-refractivity contribution in [2.75, 3.05) is 12.3 Å². The molecule has 2 rings (SSSR count). The van der Waals surface area contributed by atoms with Crippen LogP contribution in [0.25, 0.3) is 0 Å². The summed E-state index contributed by atoms with van der Waals surface area (Å²) in [6.07, 6.45) is 0. The second kappa shape index (κ2) is 5.80. The van der Waals surface area contributed by atoms with Crippen LogP contribution in [0.3, 0.4) is 0 Å². The number of benzene rings is 1. The predicted molar refractivity (Wildman–Crippen MR) is 86.9 cm³/mol. The molecule has 0 aromatic heterocycles. The number of nitrogens with zero attached hydrogens (tertiary/aromatic N) is 1. The third kappa shape index (κ3) is 3.20. The molecule has 0 saturated carbocycles. The van der Waals surface area contributed by atoms with Crippen LogP contribution in [0.2, 0.25) is 0 Å². The molecule has 0 aliphatic carbocycles. The van der Waals surface area contributed by atoms with E-state index in [0.29, 0.717) is 5.92 Å². The first-order chi connectivity index (χ1) is 9.30. The minimum absolute atomic E-state index is 0.183. The Hall–Kier alpha value is -0.960. The maximum atomic E-state index is 12.5. The fourth-order valence-electron chi connectivity index (χ4n) is 2.43. The number of carbonyl (C=O) groups excluding carboxylic acids is 1. The Kier molecular flexibility index (Phi) is 4.48. The minimum Gasteiger partial charge on any atom is -0.325 e. The lowest BCUT2D eigenvalue weighted by molar-refractivity contribution is -0.139. The molecular weight excluding hydrogens is 266 g/mol. The van der Waals surface area contributed by atoms with Gasteiger partial charge in [-0.25, -0.2) is 0 Å². The average molecular weight is 291 g/mol. The van der Waals surface area contributed by atoms with Crippen LogP contribution in [-0.4, -0.2) is 23.1 Å². The summed E-state index contributed by atoms with van der Waals surface area (Å²) in [5.74, 6) is 1.83. The molecule has 1 aromatic carbocycles. The van der Waals surface area contributed by atoms with Crippen molar-refractivity contribution in [3.63, 3.8) is 0 Å². The van der Waals surface area contributed by atoms with Gasteiger partial charge in [-0.2, -0.15) is 0 Å². The van der Waals surface area contributed by atoms with Gasteiger partial charge in [0.15, 0.2) is 0 Å². The van der Waals surface area contributed by atoms with Crippen LogP contribution < -0.4 is 0 Å². The van der Waals surface area contributed by atoms with Gasteiger partial charge >= 0.3 is 0 Å². The molecular formula is C17H25NOS. The summed E-state index contributed by atoms with van der Waals surface area (Å²) in [4.78, 5) is 14.6. The molecule has 0 N–H and O–H groups in total. The lowest BCUT2D eigenvalue weighted by Crippen LogP contribution is -2.38. The van der Waals surface area contributed by atoms with E-state index in [1.165, 1.54) is 11.1 Å². The van der Waals surface area contributed by atoms with E-state index in [2.05, 4.69) is 38.1 Å². The summed E-state index contributed by atoms with van der Waals surface area (Å²) in [6.45, 7) is 11.3. The molecule has 0 spiro atoms. The molecule has 1 amide bonds. The van der Waals surface area contributed by atoms with Gasteiger partial charge in [0.2, 0.25) is 5.91 Å². The van der Waals surface area contributed by atoms with Gasteiger partial charge < -0.3 is 4.90 Å². The van der Waals surface area contributed by atoms with Crippen LogP contribution in [0.15, 0.2) is 24.3 Å². The number of hydrogen-bond acceptors (Lipinski definition) is 2. The molecule has 1 aromatic rings.